The molecule has 2 amide bonds. The molecule has 25 heavy (non-hydrogen) atoms. The minimum atomic E-state index is -0.172. The first-order valence-electron chi connectivity index (χ1n) is 7.88. The number of carbonyl (C=O) groups is 2. The van der Waals surface area contributed by atoms with Crippen LogP contribution in [0, 0.1) is 17.2 Å². The second kappa shape index (κ2) is 9.49. The average Bonchev–Trinajstić information content (AvgIpc) is 3.11. The van der Waals surface area contributed by atoms with Gasteiger partial charge in [0, 0.05) is 30.9 Å². The Morgan fingerprint density at radius 3 is 2.92 bits per heavy atom. The van der Waals surface area contributed by atoms with Crippen molar-refractivity contribution in [3.63, 3.8) is 0 Å². The van der Waals surface area contributed by atoms with Crippen molar-refractivity contribution in [1.82, 2.24) is 20.6 Å². The van der Waals surface area contributed by atoms with Crippen LogP contribution in [0.15, 0.2) is 30.7 Å². The molecule has 0 fully saturated rings. The quantitative estimate of drug-likeness (QED) is 0.703. The van der Waals surface area contributed by atoms with E-state index in [2.05, 4.69) is 20.6 Å². The first-order valence-corrected chi connectivity index (χ1v) is 8.70. The van der Waals surface area contributed by atoms with Crippen LogP contribution >= 0.6 is 11.3 Å². The number of carbonyl (C=O) groups excluding carboxylic acids is 2. The molecule has 2 heterocycles. The van der Waals surface area contributed by atoms with E-state index in [-0.39, 0.29) is 24.3 Å². The molecule has 0 aliphatic carbocycles. The van der Waals surface area contributed by atoms with Gasteiger partial charge in [-0.25, -0.2) is 4.98 Å². The molecule has 8 heteroatoms. The van der Waals surface area contributed by atoms with Gasteiger partial charge in [0.25, 0.3) is 5.91 Å². The molecule has 0 radical (unpaired) electrons. The normalized spacial score (nSPS) is 11.4. The van der Waals surface area contributed by atoms with Gasteiger partial charge < -0.3 is 10.6 Å². The number of nitrogens with one attached hydrogen (secondary N) is 2. The third-order valence-electron chi connectivity index (χ3n) is 3.46. The van der Waals surface area contributed by atoms with Crippen molar-refractivity contribution < 1.29 is 9.59 Å². The molecule has 0 aliphatic rings. The fraction of sp³-hybridized carbons (Fsp3) is 0.353. The summed E-state index contributed by atoms with van der Waals surface area (Å²) >= 11 is 1.31. The lowest BCUT2D eigenvalue weighted by molar-refractivity contribution is -0.121. The van der Waals surface area contributed by atoms with Crippen molar-refractivity contribution in [2.75, 3.05) is 13.1 Å². The summed E-state index contributed by atoms with van der Waals surface area (Å²) in [5.74, 6) is -0.205. The van der Waals surface area contributed by atoms with Crippen LogP contribution in [0.1, 0.15) is 29.4 Å². The van der Waals surface area contributed by atoms with Crippen LogP contribution in [-0.4, -0.2) is 34.9 Å². The van der Waals surface area contributed by atoms with Gasteiger partial charge in [-0.3, -0.25) is 14.6 Å². The zero-order chi connectivity index (χ0) is 18.1. The van der Waals surface area contributed by atoms with Gasteiger partial charge in [0.2, 0.25) is 5.91 Å². The van der Waals surface area contributed by atoms with Crippen molar-refractivity contribution in [3.8, 4) is 16.6 Å². The summed E-state index contributed by atoms with van der Waals surface area (Å²) in [5, 5.41) is 14.5. The van der Waals surface area contributed by atoms with Crippen LogP contribution in [0.3, 0.4) is 0 Å². The molecule has 2 N–H and O–H groups in total. The smallest absolute Gasteiger partial charge is 0.263 e. The Bertz CT molecular complexity index is 754. The van der Waals surface area contributed by atoms with Crippen molar-refractivity contribution in [3.05, 3.63) is 35.6 Å². The molecule has 0 saturated heterocycles. The van der Waals surface area contributed by atoms with E-state index in [4.69, 9.17) is 5.26 Å². The highest BCUT2D eigenvalue weighted by Crippen LogP contribution is 2.24. The van der Waals surface area contributed by atoms with E-state index in [0.717, 1.165) is 10.6 Å². The lowest BCUT2D eigenvalue weighted by atomic mass is 10.0. The second-order valence-corrected chi connectivity index (χ2v) is 6.59. The first kappa shape index (κ1) is 18.5. The van der Waals surface area contributed by atoms with E-state index in [0.29, 0.717) is 24.3 Å². The Morgan fingerprint density at radius 2 is 2.20 bits per heavy atom. The maximum atomic E-state index is 12.2. The van der Waals surface area contributed by atoms with Crippen LogP contribution in [0.4, 0.5) is 0 Å². The van der Waals surface area contributed by atoms with Gasteiger partial charge in [-0.1, -0.05) is 6.92 Å². The van der Waals surface area contributed by atoms with Crippen LogP contribution < -0.4 is 10.6 Å². The SMILES string of the molecule is CC(CCNC(=O)c1cnc(-c2cccnc2)s1)CC(=O)NCC#N. The number of aromatic nitrogens is 2. The number of pyridine rings is 1. The van der Waals surface area contributed by atoms with Gasteiger partial charge >= 0.3 is 0 Å². The lowest BCUT2D eigenvalue weighted by Gasteiger charge is -2.11. The molecular formula is C17H19N5O2S. The Balaban J connectivity index is 1.76. The molecule has 0 aromatic carbocycles. The zero-order valence-electron chi connectivity index (χ0n) is 13.9. The Morgan fingerprint density at radius 1 is 1.36 bits per heavy atom. The summed E-state index contributed by atoms with van der Waals surface area (Å²) in [5.41, 5.74) is 0.878. The highest BCUT2D eigenvalue weighted by atomic mass is 32.1. The molecule has 2 rings (SSSR count). The summed E-state index contributed by atoms with van der Waals surface area (Å²) in [4.78, 5) is 32.5. The van der Waals surface area contributed by atoms with Gasteiger partial charge in [0.15, 0.2) is 0 Å². The van der Waals surface area contributed by atoms with Crippen molar-refractivity contribution in [2.45, 2.75) is 19.8 Å². The van der Waals surface area contributed by atoms with Crippen molar-refractivity contribution in [2.24, 2.45) is 5.92 Å². The fourth-order valence-electron chi connectivity index (χ4n) is 2.15. The van der Waals surface area contributed by atoms with E-state index in [1.165, 1.54) is 11.3 Å². The molecule has 0 aliphatic heterocycles. The Hall–Kier alpha value is -2.79. The fourth-order valence-corrected chi connectivity index (χ4v) is 2.97. The first-order chi connectivity index (χ1) is 12.1. The summed E-state index contributed by atoms with van der Waals surface area (Å²) in [6.07, 6.45) is 5.97. The van der Waals surface area contributed by atoms with Gasteiger partial charge in [0.1, 0.15) is 16.4 Å². The van der Waals surface area contributed by atoms with Gasteiger partial charge in [-0.15, -0.1) is 11.3 Å². The maximum absolute atomic E-state index is 12.2. The molecular weight excluding hydrogens is 338 g/mol. The van der Waals surface area contributed by atoms with E-state index < -0.39 is 0 Å². The number of nitriles is 1. The van der Waals surface area contributed by atoms with E-state index in [9.17, 15) is 9.59 Å². The maximum Gasteiger partial charge on any atom is 0.263 e. The standard InChI is InChI=1S/C17H19N5O2S/c1-12(9-15(23)20-8-5-18)4-7-21-16(24)14-11-22-17(25-14)13-3-2-6-19-10-13/h2-3,6,10-12H,4,7-9H2,1H3,(H,20,23)(H,21,24). The number of amides is 2. The highest BCUT2D eigenvalue weighted by Gasteiger charge is 2.13. The highest BCUT2D eigenvalue weighted by molar-refractivity contribution is 7.16. The third-order valence-corrected chi connectivity index (χ3v) is 4.50. The van der Waals surface area contributed by atoms with E-state index in [1.807, 2.05) is 25.1 Å². The monoisotopic (exact) mass is 357 g/mol. The minimum Gasteiger partial charge on any atom is -0.351 e. The van der Waals surface area contributed by atoms with Gasteiger partial charge in [-0.05, 0) is 24.5 Å². The predicted molar refractivity (Wildman–Crippen MR) is 94.7 cm³/mol. The average molecular weight is 357 g/mol. The largest absolute Gasteiger partial charge is 0.351 e. The molecule has 7 nitrogen and oxygen atoms in total. The second-order valence-electron chi connectivity index (χ2n) is 5.56. The van der Waals surface area contributed by atoms with E-state index in [1.54, 1.807) is 18.6 Å². The van der Waals surface area contributed by atoms with Crippen molar-refractivity contribution in [1.29, 1.82) is 5.26 Å². The number of rotatable bonds is 8. The third kappa shape index (κ3) is 5.97. The molecule has 130 valence electrons. The summed E-state index contributed by atoms with van der Waals surface area (Å²) in [7, 11) is 0. The predicted octanol–water partition coefficient (Wildman–Crippen LogP) is 1.99. The van der Waals surface area contributed by atoms with Crippen LogP contribution in [0.25, 0.3) is 10.6 Å². The molecule has 2 aromatic heterocycles. The summed E-state index contributed by atoms with van der Waals surface area (Å²) in [6.45, 7) is 2.43. The van der Waals surface area contributed by atoms with Gasteiger partial charge in [-0.2, -0.15) is 5.26 Å². The van der Waals surface area contributed by atoms with Gasteiger partial charge in [0.05, 0.1) is 12.3 Å². The minimum absolute atomic E-state index is 0.0208. The zero-order valence-corrected chi connectivity index (χ0v) is 14.7. The van der Waals surface area contributed by atoms with E-state index >= 15 is 0 Å². The molecule has 1 unspecified atom stereocenters. The topological polar surface area (TPSA) is 108 Å². The summed E-state index contributed by atoms with van der Waals surface area (Å²) < 4.78 is 0. The molecule has 0 bridgehead atoms. The molecule has 0 spiro atoms. The van der Waals surface area contributed by atoms with Crippen LogP contribution in [0.2, 0.25) is 0 Å². The molecule has 2 aromatic rings. The lowest BCUT2D eigenvalue weighted by Crippen LogP contribution is -2.28. The summed E-state index contributed by atoms with van der Waals surface area (Å²) in [6, 6.07) is 5.58. The van der Waals surface area contributed by atoms with Crippen LogP contribution in [-0.2, 0) is 4.79 Å². The molecule has 1 atom stereocenters. The number of nitrogens with zero attached hydrogens (tertiary/aromatic N) is 3. The Labute approximate surface area is 150 Å². The number of hydrogen-bond acceptors (Lipinski definition) is 6. The molecule has 0 saturated carbocycles. The number of thiazole rings is 1. The number of hydrogen-bond donors (Lipinski definition) is 2. The Kier molecular flexibility index (Phi) is 7.04. The van der Waals surface area contributed by atoms with Crippen LogP contribution in [0.5, 0.6) is 0 Å². The van der Waals surface area contributed by atoms with Crippen molar-refractivity contribution >= 4 is 23.2 Å².